The molecule has 0 bridgehead atoms. The number of amides is 1. The lowest BCUT2D eigenvalue weighted by atomic mass is 9.78. The topological polar surface area (TPSA) is 61.0 Å². The van der Waals surface area contributed by atoms with Crippen molar-refractivity contribution in [2.45, 2.75) is 44.4 Å². The van der Waals surface area contributed by atoms with Crippen molar-refractivity contribution in [1.29, 1.82) is 0 Å². The summed E-state index contributed by atoms with van der Waals surface area (Å²) in [6.07, 6.45) is 5.47. The Balaban J connectivity index is 1.15. The number of benzene rings is 3. The average Bonchev–Trinajstić information content (AvgIpc) is 3.47. The molecule has 1 spiro atoms. The molecule has 2 aliphatic rings. The zero-order valence-electron chi connectivity index (χ0n) is 21.5. The van der Waals surface area contributed by atoms with Crippen LogP contribution in [0.3, 0.4) is 0 Å². The molecule has 2 heterocycles. The Bertz CT molecular complexity index is 1540. The Morgan fingerprint density at radius 3 is 2.82 bits per heavy atom. The summed E-state index contributed by atoms with van der Waals surface area (Å²) in [7, 11) is 1.67. The van der Waals surface area contributed by atoms with E-state index in [9.17, 15) is 4.79 Å². The molecule has 0 unspecified atom stereocenters. The van der Waals surface area contributed by atoms with Gasteiger partial charge in [0.25, 0.3) is 0 Å². The number of rotatable bonds is 6. The lowest BCUT2D eigenvalue weighted by Gasteiger charge is -2.36. The Morgan fingerprint density at radius 1 is 1.13 bits per heavy atom. The summed E-state index contributed by atoms with van der Waals surface area (Å²) in [5.41, 5.74) is 5.31. The van der Waals surface area contributed by atoms with E-state index in [-0.39, 0.29) is 6.09 Å². The van der Waals surface area contributed by atoms with Gasteiger partial charge in [-0.1, -0.05) is 36.4 Å². The lowest BCUT2D eigenvalue weighted by molar-refractivity contribution is 0.00415. The van der Waals surface area contributed by atoms with Gasteiger partial charge in [0, 0.05) is 13.1 Å². The predicted molar refractivity (Wildman–Crippen MR) is 146 cm³/mol. The van der Waals surface area contributed by atoms with Crippen molar-refractivity contribution in [1.82, 2.24) is 14.5 Å². The Hall–Kier alpha value is -4.31. The maximum Gasteiger partial charge on any atom is 0.410 e. The molecule has 1 saturated heterocycles. The molecule has 1 amide bonds. The van der Waals surface area contributed by atoms with Gasteiger partial charge in [0.15, 0.2) is 5.69 Å². The van der Waals surface area contributed by atoms with Gasteiger partial charge in [0.05, 0.1) is 37.6 Å². The number of hydrogen-bond donors (Lipinski definition) is 0. The van der Waals surface area contributed by atoms with Gasteiger partial charge in [0.1, 0.15) is 11.4 Å². The minimum absolute atomic E-state index is 0.229. The third-order valence-corrected chi connectivity index (χ3v) is 7.84. The molecule has 4 aromatic rings. The number of carbonyl (C=O) groups is 1. The van der Waals surface area contributed by atoms with E-state index in [2.05, 4.69) is 38.7 Å². The fourth-order valence-electron chi connectivity index (χ4n) is 6.06. The highest BCUT2D eigenvalue weighted by molar-refractivity contribution is 5.79. The minimum Gasteiger partial charge on any atom is -0.497 e. The Kier molecular flexibility index (Phi) is 6.24. The van der Waals surface area contributed by atoms with E-state index < -0.39 is 5.60 Å². The van der Waals surface area contributed by atoms with E-state index in [1.54, 1.807) is 13.2 Å². The van der Waals surface area contributed by atoms with Crippen LogP contribution in [-0.4, -0.2) is 39.8 Å². The van der Waals surface area contributed by atoms with E-state index in [1.807, 2.05) is 47.6 Å². The first-order chi connectivity index (χ1) is 18.5. The minimum atomic E-state index is -0.442. The average molecular weight is 507 g/mol. The zero-order chi connectivity index (χ0) is 26.1. The van der Waals surface area contributed by atoms with Gasteiger partial charge in [-0.25, -0.2) is 14.6 Å². The van der Waals surface area contributed by atoms with E-state index in [0.717, 1.165) is 65.7 Å². The molecule has 3 aromatic carbocycles. The van der Waals surface area contributed by atoms with Crippen molar-refractivity contribution in [2.24, 2.45) is 5.92 Å². The molecule has 6 rings (SSSR count). The highest BCUT2D eigenvalue weighted by Gasteiger charge is 2.47. The second-order valence-electron chi connectivity index (χ2n) is 10.5. The fourth-order valence-corrected chi connectivity index (χ4v) is 6.06. The number of fused-ring (bicyclic) bond motifs is 1. The summed E-state index contributed by atoms with van der Waals surface area (Å²) < 4.78 is 13.6. The van der Waals surface area contributed by atoms with Crippen LogP contribution < -0.4 is 4.74 Å². The fraction of sp³-hybridized carbons (Fsp3) is 0.323. The van der Waals surface area contributed by atoms with Crippen molar-refractivity contribution >= 4 is 22.8 Å². The van der Waals surface area contributed by atoms with E-state index >= 15 is 0 Å². The van der Waals surface area contributed by atoms with E-state index in [1.165, 1.54) is 0 Å². The molecule has 7 heteroatoms. The molecule has 1 aromatic heterocycles. The van der Waals surface area contributed by atoms with Crippen molar-refractivity contribution in [3.63, 3.8) is 0 Å². The summed E-state index contributed by atoms with van der Waals surface area (Å²) in [5.74, 6) is 1.20. The monoisotopic (exact) mass is 506 g/mol. The Morgan fingerprint density at radius 2 is 1.97 bits per heavy atom. The molecule has 1 aliphatic heterocycles. The number of aromatic nitrogens is 2. The normalized spacial score (nSPS) is 21.0. The van der Waals surface area contributed by atoms with Crippen LogP contribution in [0.1, 0.15) is 31.2 Å². The number of methoxy groups -OCH3 is 1. The van der Waals surface area contributed by atoms with Crippen molar-refractivity contribution < 1.29 is 14.3 Å². The molecule has 2 atom stereocenters. The second kappa shape index (κ2) is 9.86. The first-order valence-corrected chi connectivity index (χ1v) is 13.1. The number of nitrogens with zero attached hydrogens (tertiary/aromatic N) is 4. The molecule has 192 valence electrons. The van der Waals surface area contributed by atoms with Crippen LogP contribution >= 0.6 is 0 Å². The van der Waals surface area contributed by atoms with Gasteiger partial charge in [-0.15, -0.1) is 0 Å². The van der Waals surface area contributed by atoms with Crippen LogP contribution in [0.25, 0.3) is 27.0 Å². The molecule has 2 fully saturated rings. The van der Waals surface area contributed by atoms with Gasteiger partial charge in [-0.2, -0.15) is 0 Å². The highest BCUT2D eigenvalue weighted by atomic mass is 16.6. The standard InChI is InChI=1S/C31H30N4O3/c1-32-26-11-12-28-29(16-26)35(21-33-28)19-23-7-5-13-31(17-23)20-34(30(36)38-31)18-22-6-3-8-24(14-22)25-9-4-10-27(15-25)37-2/h3-4,6,8-12,14-16,21,23H,5,7,13,17-20H2,2H3/t23-,31-/m0/s1. The number of imidazole rings is 1. The second-order valence-corrected chi connectivity index (χ2v) is 10.5. The third-order valence-electron chi connectivity index (χ3n) is 7.84. The third kappa shape index (κ3) is 4.70. The molecule has 1 aliphatic carbocycles. The van der Waals surface area contributed by atoms with Gasteiger partial charge < -0.3 is 14.0 Å². The summed E-state index contributed by atoms with van der Waals surface area (Å²) in [6, 6.07) is 21.9. The van der Waals surface area contributed by atoms with E-state index in [0.29, 0.717) is 24.7 Å². The van der Waals surface area contributed by atoms with Crippen molar-refractivity contribution in [3.05, 3.63) is 90.0 Å². The van der Waals surface area contributed by atoms with Crippen LogP contribution in [0.15, 0.2) is 73.1 Å². The zero-order valence-corrected chi connectivity index (χ0v) is 21.5. The summed E-state index contributed by atoms with van der Waals surface area (Å²) >= 11 is 0. The highest BCUT2D eigenvalue weighted by Crippen LogP contribution is 2.41. The molecule has 0 N–H and O–H groups in total. The molecular formula is C31H30N4O3. The lowest BCUT2D eigenvalue weighted by Crippen LogP contribution is -2.40. The van der Waals surface area contributed by atoms with Gasteiger partial charge >= 0.3 is 6.09 Å². The van der Waals surface area contributed by atoms with Crippen LogP contribution in [0.2, 0.25) is 0 Å². The first-order valence-electron chi connectivity index (χ1n) is 13.1. The maximum absolute atomic E-state index is 13.0. The molecule has 0 radical (unpaired) electrons. The molecule has 1 saturated carbocycles. The van der Waals surface area contributed by atoms with Crippen LogP contribution in [0.4, 0.5) is 10.5 Å². The number of ether oxygens (including phenoxy) is 2. The summed E-state index contributed by atoms with van der Waals surface area (Å²) in [6.45, 7) is 9.27. The Labute approximate surface area is 222 Å². The quantitative estimate of drug-likeness (QED) is 0.269. The largest absolute Gasteiger partial charge is 0.497 e. The molecule has 7 nitrogen and oxygen atoms in total. The summed E-state index contributed by atoms with van der Waals surface area (Å²) in [5, 5.41) is 0. The van der Waals surface area contributed by atoms with Crippen LogP contribution in [-0.2, 0) is 17.8 Å². The smallest absolute Gasteiger partial charge is 0.410 e. The number of hydrogen-bond acceptors (Lipinski definition) is 4. The van der Waals surface area contributed by atoms with Crippen molar-refractivity contribution in [2.75, 3.05) is 13.7 Å². The SMILES string of the molecule is [C-]#[N+]c1ccc2ncn(C[C@H]3CCC[C@]4(C3)CN(Cc3cccc(-c5cccc(OC)c5)c3)C(=O)O4)c2c1. The van der Waals surface area contributed by atoms with Crippen LogP contribution in [0, 0.1) is 12.5 Å². The number of carbonyl (C=O) groups excluding carboxylic acids is 1. The first kappa shape index (κ1) is 24.1. The summed E-state index contributed by atoms with van der Waals surface area (Å²) in [4.78, 5) is 22.9. The molecule has 38 heavy (non-hydrogen) atoms. The van der Waals surface area contributed by atoms with Crippen LogP contribution in [0.5, 0.6) is 5.75 Å². The van der Waals surface area contributed by atoms with Gasteiger partial charge in [-0.3, -0.25) is 4.90 Å². The van der Waals surface area contributed by atoms with Gasteiger partial charge in [0.2, 0.25) is 0 Å². The van der Waals surface area contributed by atoms with Crippen molar-refractivity contribution in [3.8, 4) is 16.9 Å². The van der Waals surface area contributed by atoms with Gasteiger partial charge in [-0.05, 0) is 78.6 Å². The predicted octanol–water partition coefficient (Wildman–Crippen LogP) is 6.84. The maximum atomic E-state index is 13.0. The molecular weight excluding hydrogens is 476 g/mol. The van der Waals surface area contributed by atoms with E-state index in [4.69, 9.17) is 16.0 Å².